The van der Waals surface area contributed by atoms with E-state index in [-0.39, 0.29) is 49.3 Å². The van der Waals surface area contributed by atoms with Crippen molar-refractivity contribution in [2.45, 2.75) is 20.0 Å². The Morgan fingerprint density at radius 3 is 1.33 bits per heavy atom. The molecule has 0 saturated heterocycles. The molecule has 0 spiro atoms. The van der Waals surface area contributed by atoms with Crippen molar-refractivity contribution >= 4 is 17.0 Å². The van der Waals surface area contributed by atoms with Gasteiger partial charge in [0.15, 0.2) is 0 Å². The summed E-state index contributed by atoms with van der Waals surface area (Å²) in [5.41, 5.74) is 0. The molecule has 0 aliphatic carbocycles. The molecular formula is C3H9BrOZr. The van der Waals surface area contributed by atoms with Crippen LogP contribution in [-0.2, 0) is 26.2 Å². The van der Waals surface area contributed by atoms with Crippen molar-refractivity contribution in [3.05, 3.63) is 0 Å². The smallest absolute Gasteiger partial charge is 0.0483 e. The average Bonchev–Trinajstić information content (AvgIpc) is 0.811. The summed E-state index contributed by atoms with van der Waals surface area (Å²) in [5, 5.41) is 8.06. The Hall–Kier alpha value is 1.32. The zero-order chi connectivity index (χ0) is 3.58. The molecular weight excluding hydrogens is 223 g/mol. The minimum Gasteiger partial charge on any atom is -0.394 e. The molecule has 0 unspecified atom stereocenters. The summed E-state index contributed by atoms with van der Waals surface area (Å²) < 4.78 is 0. The fourth-order valence-electron chi connectivity index (χ4n) is 0. The number of halogens is 1. The van der Waals surface area contributed by atoms with E-state index in [0.29, 0.717) is 0 Å². The maximum Gasteiger partial charge on any atom is 0.0483 e. The Bertz CT molecular complexity index is 15.5. The van der Waals surface area contributed by atoms with Gasteiger partial charge >= 0.3 is 0 Å². The van der Waals surface area contributed by atoms with Gasteiger partial charge in [-0.1, -0.05) is 0 Å². The average molecular weight is 232 g/mol. The zero-order valence-electron chi connectivity index (χ0n) is 3.93. The van der Waals surface area contributed by atoms with Crippen LogP contribution in [0.5, 0.6) is 0 Å². The second-order valence-electron chi connectivity index (χ2n) is 1.09. The number of hydrogen-bond donors (Lipinski definition) is 1. The Morgan fingerprint density at radius 2 is 1.33 bits per heavy atom. The molecule has 38 valence electrons. The van der Waals surface area contributed by atoms with Gasteiger partial charge in [-0.2, -0.15) is 0 Å². The minimum absolute atomic E-state index is 0. The van der Waals surface area contributed by atoms with Gasteiger partial charge in [0.2, 0.25) is 0 Å². The van der Waals surface area contributed by atoms with Crippen molar-refractivity contribution in [3.63, 3.8) is 0 Å². The van der Waals surface area contributed by atoms with E-state index >= 15 is 0 Å². The molecule has 0 atom stereocenters. The van der Waals surface area contributed by atoms with Gasteiger partial charge < -0.3 is 5.11 Å². The van der Waals surface area contributed by atoms with Crippen LogP contribution in [0.4, 0.5) is 0 Å². The maximum atomic E-state index is 8.06. The van der Waals surface area contributed by atoms with E-state index in [2.05, 4.69) is 0 Å². The number of aliphatic hydroxyl groups excluding tert-OH is 1. The fraction of sp³-hybridized carbons (Fsp3) is 1.00. The van der Waals surface area contributed by atoms with Gasteiger partial charge in [0.1, 0.15) is 0 Å². The van der Waals surface area contributed by atoms with E-state index in [9.17, 15) is 0 Å². The summed E-state index contributed by atoms with van der Waals surface area (Å²) in [6.07, 6.45) is -0.167. The molecule has 0 aromatic rings. The molecule has 0 aromatic heterocycles. The molecule has 0 aliphatic rings. The third kappa shape index (κ3) is 56.8. The first-order valence-corrected chi connectivity index (χ1v) is 1.41. The van der Waals surface area contributed by atoms with Crippen molar-refractivity contribution < 1.29 is 31.3 Å². The van der Waals surface area contributed by atoms with Crippen LogP contribution in [0.1, 0.15) is 13.8 Å². The second-order valence-corrected chi connectivity index (χ2v) is 1.09. The molecule has 0 aromatic carbocycles. The van der Waals surface area contributed by atoms with Gasteiger partial charge in [-0.25, -0.2) is 0 Å². The van der Waals surface area contributed by atoms with E-state index in [4.69, 9.17) is 5.11 Å². The number of rotatable bonds is 0. The molecule has 0 fully saturated rings. The van der Waals surface area contributed by atoms with Crippen molar-refractivity contribution in [1.29, 1.82) is 0 Å². The molecule has 0 saturated carbocycles. The summed E-state index contributed by atoms with van der Waals surface area (Å²) in [6, 6.07) is 0. The SMILES string of the molecule is Br.CC(C)O.[Zr]. The van der Waals surface area contributed by atoms with E-state index in [1.807, 2.05) is 0 Å². The summed E-state index contributed by atoms with van der Waals surface area (Å²) in [7, 11) is 0. The molecule has 0 radical (unpaired) electrons. The van der Waals surface area contributed by atoms with E-state index in [1.54, 1.807) is 13.8 Å². The predicted octanol–water partition coefficient (Wildman–Crippen LogP) is 0.962. The first-order chi connectivity index (χ1) is 1.73. The van der Waals surface area contributed by atoms with Crippen LogP contribution in [-0.4, -0.2) is 11.2 Å². The van der Waals surface area contributed by atoms with Crippen LogP contribution in [0.2, 0.25) is 0 Å². The van der Waals surface area contributed by atoms with Crippen molar-refractivity contribution in [1.82, 2.24) is 0 Å². The van der Waals surface area contributed by atoms with Gasteiger partial charge in [0.25, 0.3) is 0 Å². The van der Waals surface area contributed by atoms with E-state index in [0.717, 1.165) is 0 Å². The third-order valence-corrected chi connectivity index (χ3v) is 0. The molecule has 6 heavy (non-hydrogen) atoms. The van der Waals surface area contributed by atoms with Gasteiger partial charge in [0, 0.05) is 32.3 Å². The number of hydrogen-bond acceptors (Lipinski definition) is 1. The van der Waals surface area contributed by atoms with Crippen LogP contribution in [0, 0.1) is 0 Å². The summed E-state index contributed by atoms with van der Waals surface area (Å²) in [4.78, 5) is 0. The fourth-order valence-corrected chi connectivity index (χ4v) is 0. The van der Waals surface area contributed by atoms with Crippen LogP contribution >= 0.6 is 17.0 Å². The monoisotopic (exact) mass is 230 g/mol. The Kier molecular flexibility index (Phi) is 25.0. The maximum absolute atomic E-state index is 8.06. The molecule has 0 heterocycles. The topological polar surface area (TPSA) is 20.2 Å². The first-order valence-electron chi connectivity index (χ1n) is 1.41. The molecule has 0 aliphatic heterocycles. The summed E-state index contributed by atoms with van der Waals surface area (Å²) >= 11 is 0. The summed E-state index contributed by atoms with van der Waals surface area (Å²) in [5.74, 6) is 0. The van der Waals surface area contributed by atoms with Crippen molar-refractivity contribution in [3.8, 4) is 0 Å². The minimum atomic E-state index is -0.167. The Labute approximate surface area is 68.0 Å². The van der Waals surface area contributed by atoms with Gasteiger partial charge in [-0.15, -0.1) is 17.0 Å². The third-order valence-electron chi connectivity index (χ3n) is 0. The van der Waals surface area contributed by atoms with Crippen molar-refractivity contribution in [2.75, 3.05) is 0 Å². The van der Waals surface area contributed by atoms with Crippen molar-refractivity contribution in [2.24, 2.45) is 0 Å². The second kappa shape index (κ2) is 9.59. The largest absolute Gasteiger partial charge is 0.394 e. The normalized spacial score (nSPS) is 6.00. The first kappa shape index (κ1) is 15.7. The van der Waals surface area contributed by atoms with Crippen LogP contribution in [0.25, 0.3) is 0 Å². The summed E-state index contributed by atoms with van der Waals surface area (Å²) in [6.45, 7) is 3.44. The van der Waals surface area contributed by atoms with Crippen LogP contribution < -0.4 is 0 Å². The van der Waals surface area contributed by atoms with Crippen LogP contribution in [0.15, 0.2) is 0 Å². The molecule has 1 nitrogen and oxygen atoms in total. The molecule has 0 bridgehead atoms. The van der Waals surface area contributed by atoms with E-state index in [1.165, 1.54) is 0 Å². The molecule has 0 amide bonds. The Morgan fingerprint density at radius 1 is 1.33 bits per heavy atom. The molecule has 1 N–H and O–H groups in total. The quantitative estimate of drug-likeness (QED) is 0.659. The molecule has 0 rings (SSSR count). The zero-order valence-corrected chi connectivity index (χ0v) is 8.10. The van der Waals surface area contributed by atoms with Gasteiger partial charge in [0.05, 0.1) is 0 Å². The Balaban J connectivity index is -0.0000000450. The van der Waals surface area contributed by atoms with Gasteiger partial charge in [-0.3, -0.25) is 0 Å². The molecule has 3 heteroatoms. The van der Waals surface area contributed by atoms with E-state index < -0.39 is 0 Å². The number of aliphatic hydroxyl groups is 1. The van der Waals surface area contributed by atoms with Gasteiger partial charge in [-0.05, 0) is 13.8 Å². The standard InChI is InChI=1S/C3H8O.BrH.Zr/c1-3(2)4;;/h3-4H,1-2H3;1H;. The predicted molar refractivity (Wildman–Crippen MR) is 27.7 cm³/mol. The van der Waals surface area contributed by atoms with Crippen LogP contribution in [0.3, 0.4) is 0 Å².